The maximum atomic E-state index is 12.7. The number of aromatic nitrogens is 4. The smallest absolute Gasteiger partial charge is 0.254 e. The molecule has 8 nitrogen and oxygen atoms in total. The van der Waals surface area contributed by atoms with Gasteiger partial charge in [-0.05, 0) is 24.8 Å². The summed E-state index contributed by atoms with van der Waals surface area (Å²) in [6.07, 6.45) is 3.79. The van der Waals surface area contributed by atoms with E-state index in [1.54, 1.807) is 8.82 Å². The zero-order valence-corrected chi connectivity index (χ0v) is 16.6. The van der Waals surface area contributed by atoms with Crippen LogP contribution in [-0.4, -0.2) is 51.4 Å². The molecule has 1 aliphatic rings. The summed E-state index contributed by atoms with van der Waals surface area (Å²) in [5.74, 6) is 1.48. The monoisotopic (exact) mass is 400 g/mol. The van der Waals surface area contributed by atoms with Crippen molar-refractivity contribution >= 4 is 21.6 Å². The van der Waals surface area contributed by atoms with Crippen LogP contribution < -0.4 is 5.32 Å². The molecular weight excluding hydrogens is 376 g/mol. The number of nitrogens with one attached hydrogen (secondary N) is 1. The van der Waals surface area contributed by atoms with Crippen LogP contribution in [0.3, 0.4) is 0 Å². The normalized spacial score (nSPS) is 16.5. The number of sulfonamides is 1. The van der Waals surface area contributed by atoms with Gasteiger partial charge >= 0.3 is 0 Å². The highest BCUT2D eigenvalue weighted by atomic mass is 32.2. The first-order valence-electron chi connectivity index (χ1n) is 9.53. The van der Waals surface area contributed by atoms with Crippen LogP contribution in [0.25, 0.3) is 5.78 Å². The summed E-state index contributed by atoms with van der Waals surface area (Å²) < 4.78 is 28.7. The Morgan fingerprint density at radius 2 is 1.93 bits per heavy atom. The fourth-order valence-electron chi connectivity index (χ4n) is 3.51. The second-order valence-corrected chi connectivity index (χ2v) is 8.99. The number of anilines is 1. The molecule has 1 saturated heterocycles. The lowest BCUT2D eigenvalue weighted by Crippen LogP contribution is -2.43. The second kappa shape index (κ2) is 7.84. The summed E-state index contributed by atoms with van der Waals surface area (Å²) in [7, 11) is -3.30. The molecule has 28 heavy (non-hydrogen) atoms. The highest BCUT2D eigenvalue weighted by Crippen LogP contribution is 2.21. The lowest BCUT2D eigenvalue weighted by molar-refractivity contribution is 0.329. The molecule has 0 aliphatic carbocycles. The molecule has 2 aromatic heterocycles. The third-order valence-corrected chi connectivity index (χ3v) is 6.91. The van der Waals surface area contributed by atoms with Crippen LogP contribution in [0.15, 0.2) is 42.7 Å². The van der Waals surface area contributed by atoms with Gasteiger partial charge in [0.15, 0.2) is 0 Å². The van der Waals surface area contributed by atoms with E-state index in [-0.39, 0.29) is 11.8 Å². The molecule has 148 valence electrons. The van der Waals surface area contributed by atoms with E-state index in [1.165, 1.54) is 6.33 Å². The fraction of sp³-hybridized carbons (Fsp3) is 0.421. The predicted octanol–water partition coefficient (Wildman–Crippen LogP) is 2.09. The van der Waals surface area contributed by atoms with E-state index >= 15 is 0 Å². The molecule has 0 bridgehead atoms. The molecular formula is C19H24N6O2S. The summed E-state index contributed by atoms with van der Waals surface area (Å²) in [6, 6.07) is 11.5. The van der Waals surface area contributed by atoms with Crippen molar-refractivity contribution in [1.82, 2.24) is 23.9 Å². The maximum absolute atomic E-state index is 12.7. The van der Waals surface area contributed by atoms with Gasteiger partial charge in [0.1, 0.15) is 12.1 Å². The van der Waals surface area contributed by atoms with Gasteiger partial charge in [-0.1, -0.05) is 37.3 Å². The second-order valence-electron chi connectivity index (χ2n) is 7.02. The molecule has 1 aromatic carbocycles. The molecule has 0 unspecified atom stereocenters. The largest absolute Gasteiger partial charge is 0.367 e. The van der Waals surface area contributed by atoms with Crippen molar-refractivity contribution in [3.63, 3.8) is 0 Å². The Bertz CT molecular complexity index is 1040. The molecule has 0 radical (unpaired) electrons. The molecule has 0 saturated carbocycles. The zero-order chi connectivity index (χ0) is 19.6. The van der Waals surface area contributed by atoms with Gasteiger partial charge in [0.25, 0.3) is 5.78 Å². The van der Waals surface area contributed by atoms with Crippen molar-refractivity contribution in [1.29, 1.82) is 0 Å². The Hall–Kier alpha value is -2.52. The molecule has 1 fully saturated rings. The quantitative estimate of drug-likeness (QED) is 0.681. The van der Waals surface area contributed by atoms with Gasteiger partial charge in [0.05, 0.1) is 5.75 Å². The molecule has 4 rings (SSSR count). The maximum Gasteiger partial charge on any atom is 0.254 e. The average molecular weight is 401 g/mol. The van der Waals surface area contributed by atoms with Crippen molar-refractivity contribution < 1.29 is 8.42 Å². The highest BCUT2D eigenvalue weighted by Gasteiger charge is 2.28. The third kappa shape index (κ3) is 4.00. The van der Waals surface area contributed by atoms with Gasteiger partial charge in [-0.25, -0.2) is 17.7 Å². The van der Waals surface area contributed by atoms with Crippen molar-refractivity contribution in [2.45, 2.75) is 38.0 Å². The van der Waals surface area contributed by atoms with E-state index in [9.17, 15) is 8.42 Å². The minimum Gasteiger partial charge on any atom is -0.367 e. The van der Waals surface area contributed by atoms with Gasteiger partial charge in [0, 0.05) is 30.9 Å². The minimum atomic E-state index is -3.30. The van der Waals surface area contributed by atoms with Crippen LogP contribution in [-0.2, 0) is 22.2 Å². The van der Waals surface area contributed by atoms with Gasteiger partial charge in [0.2, 0.25) is 10.0 Å². The first-order chi connectivity index (χ1) is 13.5. The van der Waals surface area contributed by atoms with Gasteiger partial charge < -0.3 is 5.32 Å². The molecule has 0 atom stereocenters. The molecule has 0 amide bonds. The zero-order valence-electron chi connectivity index (χ0n) is 15.8. The Labute approximate surface area is 164 Å². The number of rotatable bonds is 6. The molecule has 3 aromatic rings. The Morgan fingerprint density at radius 1 is 1.18 bits per heavy atom. The van der Waals surface area contributed by atoms with Crippen LogP contribution in [0.1, 0.15) is 31.0 Å². The van der Waals surface area contributed by atoms with Crippen LogP contribution >= 0.6 is 0 Å². The summed E-state index contributed by atoms with van der Waals surface area (Å²) in [5.41, 5.74) is 1.77. The summed E-state index contributed by atoms with van der Waals surface area (Å²) in [5, 5.41) is 7.74. The van der Waals surface area contributed by atoms with Crippen LogP contribution in [0.4, 0.5) is 5.82 Å². The summed E-state index contributed by atoms with van der Waals surface area (Å²) in [6.45, 7) is 3.08. The number of fused-ring (bicyclic) bond motifs is 1. The summed E-state index contributed by atoms with van der Waals surface area (Å²) in [4.78, 5) is 8.63. The lowest BCUT2D eigenvalue weighted by atomic mass is 10.1. The number of benzene rings is 1. The first-order valence-corrected chi connectivity index (χ1v) is 11.1. The van der Waals surface area contributed by atoms with Crippen LogP contribution in [0.2, 0.25) is 0 Å². The first kappa shape index (κ1) is 18.8. The van der Waals surface area contributed by atoms with E-state index in [0.29, 0.717) is 18.9 Å². The van der Waals surface area contributed by atoms with Gasteiger partial charge in [-0.2, -0.15) is 14.6 Å². The van der Waals surface area contributed by atoms with E-state index in [0.717, 1.165) is 36.3 Å². The van der Waals surface area contributed by atoms with Crippen molar-refractivity contribution in [2.75, 3.05) is 18.4 Å². The van der Waals surface area contributed by atoms with Crippen molar-refractivity contribution in [2.24, 2.45) is 0 Å². The SMILES string of the molecule is CCc1cc(NC2CCN(S(=O)(=O)Cc3ccccc3)CC2)n2ncnc2n1. The number of hydrogen-bond donors (Lipinski definition) is 1. The molecule has 9 heteroatoms. The lowest BCUT2D eigenvalue weighted by Gasteiger charge is -2.32. The number of aryl methyl sites for hydroxylation is 1. The number of hydrogen-bond acceptors (Lipinski definition) is 6. The molecule has 1 N–H and O–H groups in total. The van der Waals surface area contributed by atoms with Gasteiger partial charge in [-0.15, -0.1) is 0 Å². The number of piperidine rings is 1. The molecule has 0 spiro atoms. The van der Waals surface area contributed by atoms with Crippen molar-refractivity contribution in [3.05, 3.63) is 54.0 Å². The third-order valence-electron chi connectivity index (χ3n) is 5.06. The molecule has 1 aliphatic heterocycles. The van der Waals surface area contributed by atoms with E-state index in [1.807, 2.05) is 36.4 Å². The van der Waals surface area contributed by atoms with Crippen LogP contribution in [0.5, 0.6) is 0 Å². The Balaban J connectivity index is 1.41. The topological polar surface area (TPSA) is 92.5 Å². The van der Waals surface area contributed by atoms with Gasteiger partial charge in [-0.3, -0.25) is 0 Å². The van der Waals surface area contributed by atoms with E-state index < -0.39 is 10.0 Å². The van der Waals surface area contributed by atoms with Crippen LogP contribution in [0, 0.1) is 0 Å². The van der Waals surface area contributed by atoms with E-state index in [4.69, 9.17) is 0 Å². The standard InChI is InChI=1S/C19H24N6O2S/c1-2-16-12-18(25-19(23-16)20-14-21-25)22-17-8-10-24(11-9-17)28(26,27)13-15-6-4-3-5-7-15/h3-7,12,14,17,22H,2,8-11,13H2,1H3. The average Bonchev–Trinajstić information content (AvgIpc) is 3.18. The predicted molar refractivity (Wildman–Crippen MR) is 107 cm³/mol. The summed E-state index contributed by atoms with van der Waals surface area (Å²) >= 11 is 0. The Kier molecular flexibility index (Phi) is 5.27. The minimum absolute atomic E-state index is 0.0513. The molecule has 3 heterocycles. The fourth-order valence-corrected chi connectivity index (χ4v) is 5.07. The van der Waals surface area contributed by atoms with Crippen molar-refractivity contribution in [3.8, 4) is 0 Å². The number of nitrogens with zero attached hydrogens (tertiary/aromatic N) is 5. The highest BCUT2D eigenvalue weighted by molar-refractivity contribution is 7.88. The Morgan fingerprint density at radius 3 is 2.64 bits per heavy atom. The van der Waals surface area contributed by atoms with E-state index in [2.05, 4.69) is 27.3 Å².